The SMILES string of the molecule is C[C@@H]1[C@H]2C(=O)CCC[C@H](C)[C@@H]2C[C@H]1O. The van der Waals surface area contributed by atoms with Gasteiger partial charge in [-0.2, -0.15) is 0 Å². The Morgan fingerprint density at radius 1 is 1.36 bits per heavy atom. The summed E-state index contributed by atoms with van der Waals surface area (Å²) in [7, 11) is 0. The van der Waals surface area contributed by atoms with Gasteiger partial charge in [0.2, 0.25) is 0 Å². The molecule has 2 nitrogen and oxygen atoms in total. The molecule has 2 rings (SSSR count). The molecule has 5 atom stereocenters. The zero-order chi connectivity index (χ0) is 10.3. The number of aliphatic hydroxyl groups is 1. The second-order valence-electron chi connectivity index (χ2n) is 5.19. The van der Waals surface area contributed by atoms with Crippen LogP contribution in [0.2, 0.25) is 0 Å². The number of hydrogen-bond donors (Lipinski definition) is 1. The van der Waals surface area contributed by atoms with Gasteiger partial charge in [0, 0.05) is 12.3 Å². The van der Waals surface area contributed by atoms with Gasteiger partial charge in [0.15, 0.2) is 0 Å². The van der Waals surface area contributed by atoms with Gasteiger partial charge < -0.3 is 5.11 Å². The van der Waals surface area contributed by atoms with Gasteiger partial charge in [0.1, 0.15) is 5.78 Å². The van der Waals surface area contributed by atoms with Crippen molar-refractivity contribution in [3.05, 3.63) is 0 Å². The van der Waals surface area contributed by atoms with Crippen molar-refractivity contribution in [1.29, 1.82) is 0 Å². The van der Waals surface area contributed by atoms with Crippen LogP contribution in [0.25, 0.3) is 0 Å². The summed E-state index contributed by atoms with van der Waals surface area (Å²) < 4.78 is 0. The average Bonchev–Trinajstić information content (AvgIpc) is 2.35. The summed E-state index contributed by atoms with van der Waals surface area (Å²) in [5.41, 5.74) is 0. The number of carbonyl (C=O) groups excluding carboxylic acids is 1. The van der Waals surface area contributed by atoms with Crippen LogP contribution in [-0.4, -0.2) is 17.0 Å². The minimum atomic E-state index is -0.241. The molecule has 2 saturated carbocycles. The van der Waals surface area contributed by atoms with Crippen LogP contribution in [0.4, 0.5) is 0 Å². The minimum absolute atomic E-state index is 0.155. The Balaban J connectivity index is 2.23. The molecule has 0 spiro atoms. The first kappa shape index (κ1) is 10.2. The molecule has 0 amide bonds. The van der Waals surface area contributed by atoms with Crippen LogP contribution in [0.5, 0.6) is 0 Å². The molecular weight excluding hydrogens is 176 g/mol. The molecular formula is C12H20O2. The number of aliphatic hydroxyl groups excluding tert-OH is 1. The molecule has 0 heterocycles. The first-order valence-corrected chi connectivity index (χ1v) is 5.82. The molecule has 0 saturated heterocycles. The van der Waals surface area contributed by atoms with Gasteiger partial charge in [0.05, 0.1) is 6.10 Å². The highest BCUT2D eigenvalue weighted by Crippen LogP contribution is 2.45. The molecule has 0 radical (unpaired) electrons. The lowest BCUT2D eigenvalue weighted by Crippen LogP contribution is -2.26. The van der Waals surface area contributed by atoms with E-state index in [4.69, 9.17) is 0 Å². The van der Waals surface area contributed by atoms with Gasteiger partial charge in [0.25, 0.3) is 0 Å². The fraction of sp³-hybridized carbons (Fsp3) is 0.917. The van der Waals surface area contributed by atoms with E-state index in [-0.39, 0.29) is 17.9 Å². The van der Waals surface area contributed by atoms with Gasteiger partial charge in [-0.25, -0.2) is 0 Å². The first-order chi connectivity index (χ1) is 6.61. The van der Waals surface area contributed by atoms with E-state index in [1.54, 1.807) is 0 Å². The fourth-order valence-corrected chi connectivity index (χ4v) is 3.37. The summed E-state index contributed by atoms with van der Waals surface area (Å²) in [4.78, 5) is 11.9. The van der Waals surface area contributed by atoms with Gasteiger partial charge in [-0.15, -0.1) is 0 Å². The Labute approximate surface area is 85.7 Å². The maximum absolute atomic E-state index is 11.9. The van der Waals surface area contributed by atoms with Crippen molar-refractivity contribution < 1.29 is 9.90 Å². The van der Waals surface area contributed by atoms with Crippen LogP contribution in [0.3, 0.4) is 0 Å². The zero-order valence-corrected chi connectivity index (χ0v) is 9.07. The topological polar surface area (TPSA) is 37.3 Å². The number of Topliss-reactive ketones (excluding diaryl/α,β-unsaturated/α-hetero) is 1. The Kier molecular flexibility index (Phi) is 2.65. The molecule has 0 aromatic heterocycles. The predicted molar refractivity (Wildman–Crippen MR) is 54.8 cm³/mol. The fourth-order valence-electron chi connectivity index (χ4n) is 3.37. The third-order valence-corrected chi connectivity index (χ3v) is 4.33. The average molecular weight is 196 g/mol. The Morgan fingerprint density at radius 3 is 2.79 bits per heavy atom. The van der Waals surface area contributed by atoms with Crippen molar-refractivity contribution in [3.63, 3.8) is 0 Å². The van der Waals surface area contributed by atoms with E-state index >= 15 is 0 Å². The van der Waals surface area contributed by atoms with Crippen LogP contribution < -0.4 is 0 Å². The molecule has 0 unspecified atom stereocenters. The second kappa shape index (κ2) is 3.65. The van der Waals surface area contributed by atoms with Gasteiger partial charge in [-0.05, 0) is 37.0 Å². The van der Waals surface area contributed by atoms with E-state index in [2.05, 4.69) is 6.92 Å². The normalized spacial score (nSPS) is 48.8. The van der Waals surface area contributed by atoms with Crippen molar-refractivity contribution in [3.8, 4) is 0 Å². The first-order valence-electron chi connectivity index (χ1n) is 5.82. The summed E-state index contributed by atoms with van der Waals surface area (Å²) >= 11 is 0. The highest BCUT2D eigenvalue weighted by atomic mass is 16.3. The van der Waals surface area contributed by atoms with Crippen molar-refractivity contribution in [2.45, 2.75) is 45.6 Å². The molecule has 80 valence electrons. The summed E-state index contributed by atoms with van der Waals surface area (Å²) in [6.07, 6.45) is 3.55. The number of fused-ring (bicyclic) bond motifs is 1. The standard InChI is InChI=1S/C12H20O2/c1-7-4-3-5-10(13)12-8(2)11(14)6-9(7)12/h7-9,11-12,14H,3-6H2,1-2H3/t7-,8-,9-,11+,12+/m0/s1. The largest absolute Gasteiger partial charge is 0.393 e. The van der Waals surface area contributed by atoms with E-state index < -0.39 is 0 Å². The van der Waals surface area contributed by atoms with Crippen LogP contribution in [0, 0.1) is 23.7 Å². The molecule has 0 aromatic carbocycles. The van der Waals surface area contributed by atoms with E-state index in [1.165, 1.54) is 0 Å². The predicted octanol–water partition coefficient (Wildman–Crippen LogP) is 2.01. The summed E-state index contributed by atoms with van der Waals surface area (Å²) in [6, 6.07) is 0. The zero-order valence-electron chi connectivity index (χ0n) is 9.07. The maximum Gasteiger partial charge on any atom is 0.136 e. The molecule has 1 N–H and O–H groups in total. The highest BCUT2D eigenvalue weighted by Gasteiger charge is 2.46. The number of hydrogen-bond acceptors (Lipinski definition) is 2. The number of carbonyl (C=O) groups is 1. The monoisotopic (exact) mass is 196 g/mol. The van der Waals surface area contributed by atoms with Crippen LogP contribution in [0.15, 0.2) is 0 Å². The van der Waals surface area contributed by atoms with E-state index in [9.17, 15) is 9.90 Å². The third-order valence-electron chi connectivity index (χ3n) is 4.33. The molecule has 14 heavy (non-hydrogen) atoms. The maximum atomic E-state index is 11.9. The van der Waals surface area contributed by atoms with Crippen LogP contribution in [0.1, 0.15) is 39.5 Å². The Hall–Kier alpha value is -0.370. The molecule has 2 heteroatoms. The molecule has 0 aromatic rings. The van der Waals surface area contributed by atoms with Crippen molar-refractivity contribution in [2.75, 3.05) is 0 Å². The van der Waals surface area contributed by atoms with Crippen LogP contribution in [-0.2, 0) is 4.79 Å². The van der Waals surface area contributed by atoms with Crippen molar-refractivity contribution >= 4 is 5.78 Å². The minimum Gasteiger partial charge on any atom is -0.393 e. The summed E-state index contributed by atoms with van der Waals surface area (Å²) in [5, 5.41) is 9.80. The summed E-state index contributed by atoms with van der Waals surface area (Å²) in [5.74, 6) is 1.82. The van der Waals surface area contributed by atoms with Crippen molar-refractivity contribution in [1.82, 2.24) is 0 Å². The van der Waals surface area contributed by atoms with E-state index in [1.807, 2.05) is 6.92 Å². The molecule has 0 aliphatic heterocycles. The lowest BCUT2D eigenvalue weighted by atomic mass is 9.81. The second-order valence-corrected chi connectivity index (χ2v) is 5.19. The molecule has 2 aliphatic carbocycles. The quantitative estimate of drug-likeness (QED) is 0.643. The van der Waals surface area contributed by atoms with Crippen molar-refractivity contribution in [2.24, 2.45) is 23.7 Å². The smallest absolute Gasteiger partial charge is 0.136 e. The van der Waals surface area contributed by atoms with Gasteiger partial charge in [-0.3, -0.25) is 4.79 Å². The highest BCUT2D eigenvalue weighted by molar-refractivity contribution is 5.82. The lowest BCUT2D eigenvalue weighted by Gasteiger charge is -2.22. The Morgan fingerprint density at radius 2 is 2.07 bits per heavy atom. The van der Waals surface area contributed by atoms with Gasteiger partial charge >= 0.3 is 0 Å². The Bertz CT molecular complexity index is 236. The summed E-state index contributed by atoms with van der Waals surface area (Å²) in [6.45, 7) is 4.27. The van der Waals surface area contributed by atoms with E-state index in [0.717, 1.165) is 25.7 Å². The molecule has 2 fully saturated rings. The lowest BCUT2D eigenvalue weighted by molar-refractivity contribution is -0.125. The molecule has 0 bridgehead atoms. The van der Waals surface area contributed by atoms with Gasteiger partial charge in [-0.1, -0.05) is 13.8 Å². The van der Waals surface area contributed by atoms with Crippen LogP contribution >= 0.6 is 0 Å². The number of rotatable bonds is 0. The van der Waals surface area contributed by atoms with E-state index in [0.29, 0.717) is 17.6 Å². The molecule has 2 aliphatic rings. The number of ketones is 1. The third kappa shape index (κ3) is 1.50.